The van der Waals surface area contributed by atoms with Crippen molar-refractivity contribution in [2.24, 2.45) is 0 Å². The third-order valence-electron chi connectivity index (χ3n) is 2.72. The lowest BCUT2D eigenvalue weighted by Crippen LogP contribution is -2.11. The van der Waals surface area contributed by atoms with Crippen molar-refractivity contribution in [1.29, 1.82) is 0 Å². The van der Waals surface area contributed by atoms with Crippen LogP contribution >= 0.6 is 22.9 Å². The van der Waals surface area contributed by atoms with E-state index in [1.54, 1.807) is 32.0 Å². The summed E-state index contributed by atoms with van der Waals surface area (Å²) in [7, 11) is -3.75. The molecule has 5 nitrogen and oxygen atoms in total. The first-order chi connectivity index (χ1) is 10.3. The van der Waals surface area contributed by atoms with Crippen molar-refractivity contribution in [1.82, 2.24) is 0 Å². The van der Waals surface area contributed by atoms with Gasteiger partial charge in [-0.25, -0.2) is 13.2 Å². The lowest BCUT2D eigenvalue weighted by Gasteiger charge is -2.05. The van der Waals surface area contributed by atoms with Gasteiger partial charge in [0, 0.05) is 5.02 Å². The third kappa shape index (κ3) is 3.79. The number of ether oxygens (including phenoxy) is 1. The zero-order valence-electron chi connectivity index (χ0n) is 11.9. The fourth-order valence-electron chi connectivity index (χ4n) is 1.76. The van der Waals surface area contributed by atoms with Crippen LogP contribution < -0.4 is 4.72 Å². The minimum atomic E-state index is -3.75. The van der Waals surface area contributed by atoms with Crippen molar-refractivity contribution >= 4 is 43.9 Å². The molecular weight excluding hydrogens is 346 g/mol. The van der Waals surface area contributed by atoms with Gasteiger partial charge in [0.2, 0.25) is 0 Å². The van der Waals surface area contributed by atoms with Gasteiger partial charge in [-0.3, -0.25) is 4.72 Å². The second-order valence-electron chi connectivity index (χ2n) is 4.41. The van der Waals surface area contributed by atoms with Gasteiger partial charge in [0.15, 0.2) is 0 Å². The number of nitrogens with one attached hydrogen (secondary N) is 1. The number of esters is 1. The van der Waals surface area contributed by atoms with Crippen LogP contribution in [-0.4, -0.2) is 21.0 Å². The number of rotatable bonds is 5. The maximum absolute atomic E-state index is 12.3. The lowest BCUT2D eigenvalue weighted by atomic mass is 10.3. The Morgan fingerprint density at radius 3 is 2.73 bits per heavy atom. The number of anilines is 1. The van der Waals surface area contributed by atoms with Gasteiger partial charge in [0.05, 0.1) is 11.5 Å². The van der Waals surface area contributed by atoms with Crippen LogP contribution in [0.1, 0.15) is 22.2 Å². The predicted octanol–water partition coefficient (Wildman–Crippen LogP) is 3.69. The Labute approximate surface area is 137 Å². The lowest BCUT2D eigenvalue weighted by molar-refractivity contribution is 0.0531. The molecule has 0 aliphatic carbocycles. The normalized spacial score (nSPS) is 11.2. The Morgan fingerprint density at radius 1 is 1.36 bits per heavy atom. The van der Waals surface area contributed by atoms with E-state index in [9.17, 15) is 13.2 Å². The molecule has 1 heterocycles. The molecule has 22 heavy (non-hydrogen) atoms. The molecule has 1 aromatic carbocycles. The van der Waals surface area contributed by atoms with E-state index in [4.69, 9.17) is 16.3 Å². The first-order valence-corrected chi connectivity index (χ1v) is 9.07. The van der Waals surface area contributed by atoms with Crippen molar-refractivity contribution in [3.05, 3.63) is 45.8 Å². The Hall–Kier alpha value is -1.57. The SMILES string of the molecule is CCOC(=O)c1sc(NS(=O)(=O)c2cccc(Cl)c2)cc1C. The summed E-state index contributed by atoms with van der Waals surface area (Å²) in [6.45, 7) is 3.70. The summed E-state index contributed by atoms with van der Waals surface area (Å²) in [6.07, 6.45) is 0. The van der Waals surface area contributed by atoms with Crippen molar-refractivity contribution in [3.63, 3.8) is 0 Å². The van der Waals surface area contributed by atoms with Crippen LogP contribution in [0.5, 0.6) is 0 Å². The first kappa shape index (κ1) is 16.8. The van der Waals surface area contributed by atoms with E-state index < -0.39 is 16.0 Å². The average Bonchev–Trinajstić information content (AvgIpc) is 2.79. The quantitative estimate of drug-likeness (QED) is 0.826. The summed E-state index contributed by atoms with van der Waals surface area (Å²) in [4.78, 5) is 12.2. The molecule has 118 valence electrons. The fraction of sp³-hybridized carbons (Fsp3) is 0.214. The van der Waals surface area contributed by atoms with Crippen LogP contribution in [0.3, 0.4) is 0 Å². The Balaban J connectivity index is 2.27. The molecule has 0 bridgehead atoms. The number of carbonyl (C=O) groups is 1. The highest BCUT2D eigenvalue weighted by atomic mass is 35.5. The molecule has 0 amide bonds. The van der Waals surface area contributed by atoms with Gasteiger partial charge < -0.3 is 4.74 Å². The molecule has 0 saturated heterocycles. The number of hydrogen-bond donors (Lipinski definition) is 1. The molecule has 1 aromatic heterocycles. The summed E-state index contributed by atoms with van der Waals surface area (Å²) < 4.78 is 32.0. The number of halogens is 1. The van der Waals surface area contributed by atoms with E-state index in [0.717, 1.165) is 11.3 Å². The Bertz CT molecular complexity index is 799. The number of thiophene rings is 1. The van der Waals surface area contributed by atoms with Gasteiger partial charge in [-0.2, -0.15) is 0 Å². The van der Waals surface area contributed by atoms with Crippen molar-refractivity contribution in [2.45, 2.75) is 18.7 Å². The summed E-state index contributed by atoms with van der Waals surface area (Å²) in [5.41, 5.74) is 0.659. The van der Waals surface area contributed by atoms with E-state index in [-0.39, 0.29) is 11.5 Å². The monoisotopic (exact) mass is 359 g/mol. The molecule has 0 spiro atoms. The summed E-state index contributed by atoms with van der Waals surface area (Å²) in [6, 6.07) is 7.55. The summed E-state index contributed by atoms with van der Waals surface area (Å²) in [5, 5.41) is 0.679. The molecule has 2 rings (SSSR count). The molecule has 0 atom stereocenters. The molecule has 0 unspecified atom stereocenters. The third-order valence-corrected chi connectivity index (χ3v) is 5.58. The molecule has 0 aliphatic heterocycles. The van der Waals surface area contributed by atoms with Crippen LogP contribution in [0.25, 0.3) is 0 Å². The van der Waals surface area contributed by atoms with Gasteiger partial charge in [0.1, 0.15) is 9.88 Å². The highest BCUT2D eigenvalue weighted by molar-refractivity contribution is 7.93. The number of hydrogen-bond acceptors (Lipinski definition) is 5. The van der Waals surface area contributed by atoms with Gasteiger partial charge in [0.25, 0.3) is 10.0 Å². The van der Waals surface area contributed by atoms with Crippen molar-refractivity contribution < 1.29 is 17.9 Å². The number of carbonyl (C=O) groups excluding carboxylic acids is 1. The van der Waals surface area contributed by atoms with Crippen LogP contribution in [0.4, 0.5) is 5.00 Å². The van der Waals surface area contributed by atoms with E-state index in [1.807, 2.05) is 0 Å². The van der Waals surface area contributed by atoms with E-state index in [1.165, 1.54) is 12.1 Å². The van der Waals surface area contributed by atoms with Gasteiger partial charge in [-0.1, -0.05) is 17.7 Å². The van der Waals surface area contributed by atoms with E-state index >= 15 is 0 Å². The standard InChI is InChI=1S/C14H14ClNO4S2/c1-3-20-14(17)13-9(2)7-12(21-13)16-22(18,19)11-6-4-5-10(15)8-11/h4-8,16H,3H2,1-2H3. The fourth-order valence-corrected chi connectivity index (χ4v) is 4.31. The van der Waals surface area contributed by atoms with Crippen LogP contribution in [0.2, 0.25) is 5.02 Å². The Morgan fingerprint density at radius 2 is 2.09 bits per heavy atom. The smallest absolute Gasteiger partial charge is 0.348 e. The summed E-state index contributed by atoms with van der Waals surface area (Å²) >= 11 is 6.84. The van der Waals surface area contributed by atoms with E-state index in [2.05, 4.69) is 4.72 Å². The second kappa shape index (κ2) is 6.68. The van der Waals surface area contributed by atoms with E-state index in [0.29, 0.717) is 20.5 Å². The number of sulfonamides is 1. The molecule has 0 fully saturated rings. The van der Waals surface area contributed by atoms with Gasteiger partial charge in [-0.05, 0) is 43.7 Å². The molecular formula is C14H14ClNO4S2. The minimum absolute atomic E-state index is 0.0590. The summed E-state index contributed by atoms with van der Waals surface area (Å²) in [5.74, 6) is -0.460. The molecule has 1 N–H and O–H groups in total. The maximum Gasteiger partial charge on any atom is 0.348 e. The van der Waals surface area contributed by atoms with Gasteiger partial charge >= 0.3 is 5.97 Å². The van der Waals surface area contributed by atoms with Crippen LogP contribution in [0.15, 0.2) is 35.2 Å². The van der Waals surface area contributed by atoms with Crippen molar-refractivity contribution in [2.75, 3.05) is 11.3 Å². The Kier molecular flexibility index (Phi) is 5.10. The van der Waals surface area contributed by atoms with Crippen LogP contribution in [0, 0.1) is 6.92 Å². The topological polar surface area (TPSA) is 72.5 Å². The predicted molar refractivity (Wildman–Crippen MR) is 87.3 cm³/mol. The van der Waals surface area contributed by atoms with Crippen LogP contribution in [-0.2, 0) is 14.8 Å². The highest BCUT2D eigenvalue weighted by Gasteiger charge is 2.19. The molecule has 0 radical (unpaired) electrons. The molecule has 8 heteroatoms. The number of aryl methyl sites for hydroxylation is 1. The van der Waals surface area contributed by atoms with Gasteiger partial charge in [-0.15, -0.1) is 11.3 Å². The molecule has 2 aromatic rings. The minimum Gasteiger partial charge on any atom is -0.462 e. The average molecular weight is 360 g/mol. The largest absolute Gasteiger partial charge is 0.462 e. The van der Waals surface area contributed by atoms with Crippen molar-refractivity contribution in [3.8, 4) is 0 Å². The molecule has 0 aliphatic rings. The number of benzene rings is 1. The zero-order valence-corrected chi connectivity index (χ0v) is 14.3. The highest BCUT2D eigenvalue weighted by Crippen LogP contribution is 2.29. The first-order valence-electron chi connectivity index (χ1n) is 6.39. The zero-order chi connectivity index (χ0) is 16.3. The molecule has 0 saturated carbocycles. The second-order valence-corrected chi connectivity index (χ2v) is 7.58. The maximum atomic E-state index is 12.3.